The molecule has 0 spiro atoms. The molecule has 1 unspecified atom stereocenters. The van der Waals surface area contributed by atoms with Crippen molar-refractivity contribution >= 4 is 28.4 Å². The first-order chi connectivity index (χ1) is 9.36. The van der Waals surface area contributed by atoms with E-state index in [0.29, 0.717) is 11.9 Å². The monoisotopic (exact) mass is 387 g/mol. The van der Waals surface area contributed by atoms with Gasteiger partial charge in [-0.2, -0.15) is 0 Å². The zero-order chi connectivity index (χ0) is 14.5. The molecule has 5 nitrogen and oxygen atoms in total. The van der Waals surface area contributed by atoms with Crippen molar-refractivity contribution in [2.24, 2.45) is 0 Å². The van der Waals surface area contributed by atoms with Gasteiger partial charge in [0.1, 0.15) is 11.6 Å². The molecule has 1 atom stereocenters. The van der Waals surface area contributed by atoms with E-state index >= 15 is 0 Å². The smallest absolute Gasteiger partial charge is 0.149 e. The normalized spacial score (nSPS) is 29.7. The van der Waals surface area contributed by atoms with Crippen LogP contribution in [0.25, 0.3) is 0 Å². The fraction of sp³-hybridized carbons (Fsp3) is 0.714. The molecular formula is C14H22IN5. The molecule has 0 aromatic carbocycles. The molecule has 1 aromatic rings. The van der Waals surface area contributed by atoms with Crippen molar-refractivity contribution in [1.29, 1.82) is 0 Å². The summed E-state index contributed by atoms with van der Waals surface area (Å²) in [6.07, 6.45) is 0. The average Bonchev–Trinajstić information content (AvgIpc) is 2.41. The van der Waals surface area contributed by atoms with Gasteiger partial charge in [-0.25, -0.2) is 9.97 Å². The summed E-state index contributed by atoms with van der Waals surface area (Å²) in [5, 5.41) is 0. The van der Waals surface area contributed by atoms with Gasteiger partial charge >= 0.3 is 0 Å². The Kier molecular flexibility index (Phi) is 3.66. The molecule has 110 valence electrons. The maximum atomic E-state index is 6.13. The van der Waals surface area contributed by atoms with Gasteiger partial charge in [0.25, 0.3) is 0 Å². The van der Waals surface area contributed by atoms with Gasteiger partial charge in [-0.3, -0.25) is 9.80 Å². The van der Waals surface area contributed by atoms with Crippen LogP contribution in [-0.4, -0.2) is 52.5 Å². The van der Waals surface area contributed by atoms with Gasteiger partial charge in [0.2, 0.25) is 0 Å². The summed E-state index contributed by atoms with van der Waals surface area (Å²) in [5.74, 6) is 1.52. The number of nitrogens with two attached hydrogens (primary N) is 1. The number of anilines is 1. The summed E-state index contributed by atoms with van der Waals surface area (Å²) in [7, 11) is 0. The van der Waals surface area contributed by atoms with Crippen molar-refractivity contribution in [3.63, 3.8) is 0 Å². The minimum absolute atomic E-state index is 0.00830. The Bertz CT molecular complexity index is 517. The molecule has 3 fully saturated rings. The van der Waals surface area contributed by atoms with Gasteiger partial charge in [-0.1, -0.05) is 20.8 Å². The molecule has 1 aromatic heterocycles. The number of aromatic nitrogens is 2. The maximum Gasteiger partial charge on any atom is 0.149 e. The van der Waals surface area contributed by atoms with Crippen LogP contribution in [0.15, 0.2) is 0 Å². The Morgan fingerprint density at radius 3 is 2.30 bits per heavy atom. The lowest BCUT2D eigenvalue weighted by molar-refractivity contribution is 0.00853. The summed E-state index contributed by atoms with van der Waals surface area (Å²) < 4.78 is 0.995. The number of hydrogen-bond acceptors (Lipinski definition) is 5. The molecule has 0 radical (unpaired) electrons. The van der Waals surface area contributed by atoms with Gasteiger partial charge < -0.3 is 5.73 Å². The second-order valence-electron chi connectivity index (χ2n) is 6.73. The Balaban J connectivity index is 2.00. The average molecular weight is 387 g/mol. The van der Waals surface area contributed by atoms with Crippen LogP contribution in [0.1, 0.15) is 38.3 Å². The van der Waals surface area contributed by atoms with Crippen molar-refractivity contribution in [2.75, 3.05) is 38.5 Å². The molecule has 3 aliphatic rings. The van der Waals surface area contributed by atoms with Gasteiger partial charge in [0, 0.05) is 38.1 Å². The number of nitrogens with zero attached hydrogens (tertiary/aromatic N) is 4. The fourth-order valence-corrected chi connectivity index (χ4v) is 4.04. The fourth-order valence-electron chi connectivity index (χ4n) is 2.99. The molecule has 4 rings (SSSR count). The number of fused-ring (bicyclic) bond motifs is 3. The lowest BCUT2D eigenvalue weighted by atomic mass is 9.91. The second kappa shape index (κ2) is 5.06. The molecule has 4 heterocycles. The third kappa shape index (κ3) is 2.53. The highest BCUT2D eigenvalue weighted by atomic mass is 127. The molecule has 2 bridgehead atoms. The van der Waals surface area contributed by atoms with Crippen LogP contribution >= 0.6 is 22.6 Å². The number of halogens is 1. The third-order valence-electron chi connectivity index (χ3n) is 4.18. The van der Waals surface area contributed by atoms with Gasteiger partial charge in [-0.15, -0.1) is 0 Å². The van der Waals surface area contributed by atoms with E-state index in [-0.39, 0.29) is 5.41 Å². The van der Waals surface area contributed by atoms with E-state index in [1.54, 1.807) is 0 Å². The van der Waals surface area contributed by atoms with Crippen LogP contribution in [0, 0.1) is 3.57 Å². The minimum Gasteiger partial charge on any atom is -0.383 e. The van der Waals surface area contributed by atoms with E-state index in [2.05, 4.69) is 58.1 Å². The Morgan fingerprint density at radius 1 is 1.15 bits per heavy atom. The molecule has 2 N–H and O–H groups in total. The molecule has 3 aliphatic heterocycles. The van der Waals surface area contributed by atoms with Gasteiger partial charge in [0.05, 0.1) is 15.3 Å². The van der Waals surface area contributed by atoms with E-state index < -0.39 is 0 Å². The molecule has 6 heteroatoms. The molecule has 0 aliphatic carbocycles. The SMILES string of the molecule is CC(C)(C)c1nc(C2CN3CCN2CC3)nc(N)c1I. The topological polar surface area (TPSA) is 58.3 Å². The van der Waals surface area contributed by atoms with Crippen molar-refractivity contribution in [1.82, 2.24) is 19.8 Å². The Morgan fingerprint density at radius 2 is 1.80 bits per heavy atom. The molecule has 0 amide bonds. The molecule has 3 saturated heterocycles. The van der Waals surface area contributed by atoms with Gasteiger partial charge in [-0.05, 0) is 22.6 Å². The van der Waals surface area contributed by atoms with Crippen LogP contribution in [0.2, 0.25) is 0 Å². The lowest BCUT2D eigenvalue weighted by Gasteiger charge is -2.46. The standard InChI is InChI=1S/C14H22IN5/c1-14(2,3)11-10(15)12(16)18-13(17-11)9-8-19-4-6-20(9)7-5-19/h9H,4-8H2,1-3H3,(H2,16,17,18). The minimum atomic E-state index is -0.00830. The van der Waals surface area contributed by atoms with Crippen molar-refractivity contribution < 1.29 is 0 Å². The lowest BCUT2D eigenvalue weighted by Crippen LogP contribution is -2.57. The highest BCUT2D eigenvalue weighted by molar-refractivity contribution is 14.1. The van der Waals surface area contributed by atoms with Crippen LogP contribution in [0.3, 0.4) is 0 Å². The van der Waals surface area contributed by atoms with Crippen LogP contribution in [0.4, 0.5) is 5.82 Å². The molecule has 20 heavy (non-hydrogen) atoms. The summed E-state index contributed by atoms with van der Waals surface area (Å²) in [6.45, 7) is 12.1. The first kappa shape index (κ1) is 14.5. The quantitative estimate of drug-likeness (QED) is 0.743. The van der Waals surface area contributed by atoms with E-state index in [0.717, 1.165) is 34.7 Å². The summed E-state index contributed by atoms with van der Waals surface area (Å²) in [5.41, 5.74) is 7.19. The predicted octanol–water partition coefficient (Wildman–Crippen LogP) is 1.63. The maximum absolute atomic E-state index is 6.13. The highest BCUT2D eigenvalue weighted by Gasteiger charge is 2.35. The summed E-state index contributed by atoms with van der Waals surface area (Å²) in [6, 6.07) is 0.304. The molecule has 0 saturated carbocycles. The summed E-state index contributed by atoms with van der Waals surface area (Å²) >= 11 is 2.27. The van der Waals surface area contributed by atoms with E-state index in [9.17, 15) is 0 Å². The number of nitrogen functional groups attached to an aromatic ring is 1. The van der Waals surface area contributed by atoms with E-state index in [1.807, 2.05) is 0 Å². The van der Waals surface area contributed by atoms with Crippen molar-refractivity contribution in [3.05, 3.63) is 15.1 Å². The highest BCUT2D eigenvalue weighted by Crippen LogP contribution is 2.32. The van der Waals surface area contributed by atoms with Gasteiger partial charge in [0.15, 0.2) is 0 Å². The predicted molar refractivity (Wildman–Crippen MR) is 88.6 cm³/mol. The number of hydrogen-bond donors (Lipinski definition) is 1. The largest absolute Gasteiger partial charge is 0.383 e. The Labute approximate surface area is 134 Å². The summed E-state index contributed by atoms with van der Waals surface area (Å²) in [4.78, 5) is 14.5. The third-order valence-corrected chi connectivity index (χ3v) is 5.24. The Hall–Kier alpha value is -0.470. The second-order valence-corrected chi connectivity index (χ2v) is 7.81. The van der Waals surface area contributed by atoms with Crippen molar-refractivity contribution in [3.8, 4) is 0 Å². The zero-order valence-corrected chi connectivity index (χ0v) is 14.5. The van der Waals surface area contributed by atoms with E-state index in [1.165, 1.54) is 13.1 Å². The van der Waals surface area contributed by atoms with Crippen LogP contribution in [-0.2, 0) is 5.41 Å². The van der Waals surface area contributed by atoms with Crippen LogP contribution < -0.4 is 5.73 Å². The zero-order valence-electron chi connectivity index (χ0n) is 12.4. The van der Waals surface area contributed by atoms with E-state index in [4.69, 9.17) is 10.7 Å². The first-order valence-corrected chi connectivity index (χ1v) is 8.24. The number of piperazine rings is 3. The van der Waals surface area contributed by atoms with Crippen molar-refractivity contribution in [2.45, 2.75) is 32.2 Å². The molecular weight excluding hydrogens is 365 g/mol. The number of rotatable bonds is 1. The van der Waals surface area contributed by atoms with Crippen LogP contribution in [0.5, 0.6) is 0 Å². The first-order valence-electron chi connectivity index (χ1n) is 7.16.